The molecule has 1 aliphatic heterocycles. The van der Waals surface area contributed by atoms with Crippen LogP contribution in [0.2, 0.25) is 0 Å². The van der Waals surface area contributed by atoms with E-state index in [1.165, 1.54) is 14.2 Å². The molecule has 0 bridgehead atoms. The molecule has 1 heterocycles. The average molecular weight is 409 g/mol. The highest BCUT2D eigenvalue weighted by Gasteiger charge is 2.43. The highest BCUT2D eigenvalue weighted by Crippen LogP contribution is 2.37. The summed E-state index contributed by atoms with van der Waals surface area (Å²) in [5.74, 6) is -2.50. The Morgan fingerprint density at radius 1 is 1.22 bits per heavy atom. The van der Waals surface area contributed by atoms with Crippen molar-refractivity contribution in [3.8, 4) is 11.5 Å². The fourth-order valence-electron chi connectivity index (χ4n) is 2.66. The summed E-state index contributed by atoms with van der Waals surface area (Å²) in [4.78, 5) is 37.4. The van der Waals surface area contributed by atoms with E-state index in [2.05, 4.69) is 0 Å². The van der Waals surface area contributed by atoms with Gasteiger partial charge in [-0.2, -0.15) is 0 Å². The number of carbonyl (C=O) groups excluding carboxylic acids is 2. The van der Waals surface area contributed by atoms with Crippen molar-refractivity contribution >= 4 is 52.0 Å². The molecule has 1 aromatic rings. The van der Waals surface area contributed by atoms with Gasteiger partial charge in [0.25, 0.3) is 11.7 Å². The lowest BCUT2D eigenvalue weighted by Gasteiger charge is -2.27. The molecule has 1 unspecified atom stereocenters. The number of nitrogens with zero attached hydrogens (tertiary/aromatic N) is 1. The average Bonchev–Trinajstić information content (AvgIpc) is 2.89. The van der Waals surface area contributed by atoms with E-state index < -0.39 is 29.6 Å². The van der Waals surface area contributed by atoms with Gasteiger partial charge in [0.2, 0.25) is 0 Å². The normalized spacial score (nSPS) is 16.8. The summed E-state index contributed by atoms with van der Waals surface area (Å²) in [5.41, 5.74) is 0.679. The lowest BCUT2D eigenvalue weighted by Crippen LogP contribution is -2.49. The van der Waals surface area contributed by atoms with Crippen molar-refractivity contribution in [2.24, 2.45) is 5.92 Å². The molecule has 0 spiro atoms. The molecule has 9 heteroatoms. The second kappa shape index (κ2) is 8.53. The van der Waals surface area contributed by atoms with Crippen LogP contribution in [-0.4, -0.2) is 52.2 Å². The maximum atomic E-state index is 12.8. The maximum absolute atomic E-state index is 12.8. The van der Waals surface area contributed by atoms with Crippen LogP contribution in [0.5, 0.6) is 11.5 Å². The number of thioether (sulfide) groups is 1. The molecule has 1 fully saturated rings. The minimum atomic E-state index is -1.59. The molecule has 27 heavy (non-hydrogen) atoms. The standard InChI is InChI=1S/C18H19NO6S2/c1-9(2)14(15(20)17(22)23)19-16(21)13(27-18(19)26)8-10-5-6-11(24-3)12(7-10)25-4/h5-9,14H,1-4H3,(H,22,23)/b13-8-. The number of aliphatic carboxylic acids is 1. The molecule has 0 aromatic heterocycles. The number of benzene rings is 1. The predicted octanol–water partition coefficient (Wildman–Crippen LogP) is 2.58. The third-order valence-electron chi connectivity index (χ3n) is 3.92. The molecule has 1 aliphatic rings. The van der Waals surface area contributed by atoms with Crippen molar-refractivity contribution in [2.75, 3.05) is 14.2 Å². The number of carboxylic acids is 1. The summed E-state index contributed by atoms with van der Waals surface area (Å²) < 4.78 is 10.6. The summed E-state index contributed by atoms with van der Waals surface area (Å²) in [7, 11) is 3.03. The number of carbonyl (C=O) groups is 3. The van der Waals surface area contributed by atoms with Crippen LogP contribution in [0, 0.1) is 5.92 Å². The number of rotatable bonds is 7. The van der Waals surface area contributed by atoms with Gasteiger partial charge >= 0.3 is 5.97 Å². The highest BCUT2D eigenvalue weighted by atomic mass is 32.2. The number of amides is 1. The molecule has 1 aromatic carbocycles. The van der Waals surface area contributed by atoms with Gasteiger partial charge in [-0.05, 0) is 29.7 Å². The Balaban J connectivity index is 2.38. The molecule has 1 N–H and O–H groups in total. The van der Waals surface area contributed by atoms with Gasteiger partial charge in [0.1, 0.15) is 10.4 Å². The van der Waals surface area contributed by atoms with Crippen LogP contribution in [0.1, 0.15) is 19.4 Å². The van der Waals surface area contributed by atoms with Crippen LogP contribution < -0.4 is 9.47 Å². The quantitative estimate of drug-likeness (QED) is 0.417. The van der Waals surface area contributed by atoms with E-state index in [1.807, 2.05) is 0 Å². The first-order valence-corrected chi connectivity index (χ1v) is 9.20. The first kappa shape index (κ1) is 20.9. The molecule has 2 rings (SSSR count). The Morgan fingerprint density at radius 3 is 2.37 bits per heavy atom. The van der Waals surface area contributed by atoms with Gasteiger partial charge in [-0.1, -0.05) is 43.9 Å². The van der Waals surface area contributed by atoms with Crippen molar-refractivity contribution in [1.29, 1.82) is 0 Å². The molecule has 0 radical (unpaired) electrons. The topological polar surface area (TPSA) is 93.1 Å². The van der Waals surface area contributed by atoms with Crippen LogP contribution in [0.25, 0.3) is 6.08 Å². The lowest BCUT2D eigenvalue weighted by atomic mass is 9.98. The third kappa shape index (κ3) is 4.30. The molecule has 144 valence electrons. The summed E-state index contributed by atoms with van der Waals surface area (Å²) >= 11 is 6.26. The Labute approximate surface area is 166 Å². The molecule has 7 nitrogen and oxygen atoms in total. The first-order valence-electron chi connectivity index (χ1n) is 7.97. The fourth-order valence-corrected chi connectivity index (χ4v) is 3.99. The van der Waals surface area contributed by atoms with Crippen molar-refractivity contribution in [2.45, 2.75) is 19.9 Å². The number of methoxy groups -OCH3 is 2. The van der Waals surface area contributed by atoms with Crippen LogP contribution in [-0.2, 0) is 14.4 Å². The zero-order valence-electron chi connectivity index (χ0n) is 15.2. The van der Waals surface area contributed by atoms with E-state index in [0.717, 1.165) is 16.7 Å². The predicted molar refractivity (Wildman–Crippen MR) is 106 cm³/mol. The van der Waals surface area contributed by atoms with Crippen molar-refractivity contribution < 1.29 is 29.0 Å². The van der Waals surface area contributed by atoms with E-state index >= 15 is 0 Å². The first-order chi connectivity index (χ1) is 12.7. The lowest BCUT2D eigenvalue weighted by molar-refractivity contribution is -0.152. The maximum Gasteiger partial charge on any atom is 0.374 e. The van der Waals surface area contributed by atoms with Crippen molar-refractivity contribution in [1.82, 2.24) is 4.90 Å². The third-order valence-corrected chi connectivity index (χ3v) is 5.25. The minimum Gasteiger partial charge on any atom is -0.493 e. The van der Waals surface area contributed by atoms with E-state index in [-0.39, 0.29) is 4.32 Å². The molecule has 0 aliphatic carbocycles. The highest BCUT2D eigenvalue weighted by molar-refractivity contribution is 8.26. The number of thiocarbonyl (C=S) groups is 1. The summed E-state index contributed by atoms with van der Waals surface area (Å²) in [5, 5.41) is 9.06. The SMILES string of the molecule is COc1ccc(/C=C2\SC(=S)N(C(C(=O)C(=O)O)C(C)C)C2=O)cc1OC. The molecule has 0 saturated carbocycles. The number of Topliss-reactive ketones (excluding diaryl/α,β-unsaturated/α-hetero) is 1. The number of ether oxygens (including phenoxy) is 2. The second-order valence-corrected chi connectivity index (χ2v) is 7.70. The smallest absolute Gasteiger partial charge is 0.374 e. The Kier molecular flexibility index (Phi) is 6.61. The molecular weight excluding hydrogens is 390 g/mol. The van der Waals surface area contributed by atoms with Crippen molar-refractivity contribution in [3.05, 3.63) is 28.7 Å². The van der Waals surface area contributed by atoms with Crippen LogP contribution in [0.4, 0.5) is 0 Å². The molecular formula is C18H19NO6S2. The van der Waals surface area contributed by atoms with Crippen molar-refractivity contribution in [3.63, 3.8) is 0 Å². The summed E-state index contributed by atoms with van der Waals surface area (Å²) in [6.07, 6.45) is 1.61. The Bertz CT molecular complexity index is 833. The second-order valence-electron chi connectivity index (χ2n) is 6.02. The number of hydrogen-bond donors (Lipinski definition) is 1. The molecule has 1 atom stereocenters. The van der Waals surface area contributed by atoms with Crippen LogP contribution in [0.3, 0.4) is 0 Å². The monoisotopic (exact) mass is 409 g/mol. The Morgan fingerprint density at radius 2 is 1.85 bits per heavy atom. The summed E-state index contributed by atoms with van der Waals surface area (Å²) in [6, 6.07) is 4.01. The van der Waals surface area contributed by atoms with Gasteiger partial charge in [0.05, 0.1) is 19.1 Å². The zero-order valence-corrected chi connectivity index (χ0v) is 16.8. The van der Waals surface area contributed by atoms with Gasteiger partial charge in [-0.15, -0.1) is 0 Å². The molecule has 1 amide bonds. The zero-order chi connectivity index (χ0) is 20.3. The van der Waals surface area contributed by atoms with Crippen LogP contribution >= 0.6 is 24.0 Å². The van der Waals surface area contributed by atoms with E-state index in [1.54, 1.807) is 38.1 Å². The van der Waals surface area contributed by atoms with Gasteiger partial charge in [-0.3, -0.25) is 14.5 Å². The number of carboxylic acid groups (broad SMARTS) is 1. The Hall–Kier alpha value is -2.39. The van der Waals surface area contributed by atoms with Gasteiger partial charge in [0, 0.05) is 0 Å². The number of ketones is 1. The van der Waals surface area contributed by atoms with Gasteiger partial charge < -0.3 is 14.6 Å². The van der Waals surface area contributed by atoms with Gasteiger partial charge in [-0.25, -0.2) is 4.79 Å². The van der Waals surface area contributed by atoms with E-state index in [0.29, 0.717) is 22.0 Å². The minimum absolute atomic E-state index is 0.153. The van der Waals surface area contributed by atoms with Gasteiger partial charge in [0.15, 0.2) is 11.5 Å². The molecule has 1 saturated heterocycles. The fraction of sp³-hybridized carbons (Fsp3) is 0.333. The summed E-state index contributed by atoms with van der Waals surface area (Å²) in [6.45, 7) is 3.34. The van der Waals surface area contributed by atoms with E-state index in [4.69, 9.17) is 26.8 Å². The largest absolute Gasteiger partial charge is 0.493 e. The number of hydrogen-bond acceptors (Lipinski definition) is 7. The van der Waals surface area contributed by atoms with Crippen LogP contribution in [0.15, 0.2) is 23.1 Å². The van der Waals surface area contributed by atoms with E-state index in [9.17, 15) is 14.4 Å².